The molecular weight excluding hydrogens is 298 g/mol. The lowest BCUT2D eigenvalue weighted by Gasteiger charge is -2.35. The average molecular weight is 321 g/mol. The SMILES string of the molecule is COC(=O)c1cnc(N2C[C@@H](C)O[C@@H](C)C2)nc1[C@@H]1CCCO1. The first-order valence-electron chi connectivity index (χ1n) is 8.05. The molecule has 3 rings (SSSR count). The first kappa shape index (κ1) is 16.1. The molecule has 3 heterocycles. The maximum atomic E-state index is 12.0. The Balaban J connectivity index is 1.92. The topological polar surface area (TPSA) is 73.8 Å². The van der Waals surface area contributed by atoms with Gasteiger partial charge in [0.05, 0.1) is 25.0 Å². The molecule has 1 aromatic rings. The summed E-state index contributed by atoms with van der Waals surface area (Å²) in [6.45, 7) is 6.22. The van der Waals surface area contributed by atoms with E-state index >= 15 is 0 Å². The smallest absolute Gasteiger partial charge is 0.341 e. The molecule has 0 radical (unpaired) electrons. The van der Waals surface area contributed by atoms with E-state index in [1.807, 2.05) is 13.8 Å². The number of carbonyl (C=O) groups excluding carboxylic acids is 1. The molecule has 3 atom stereocenters. The highest BCUT2D eigenvalue weighted by molar-refractivity contribution is 5.90. The van der Waals surface area contributed by atoms with Crippen molar-refractivity contribution in [3.8, 4) is 0 Å². The van der Waals surface area contributed by atoms with Crippen molar-refractivity contribution in [2.75, 3.05) is 31.7 Å². The van der Waals surface area contributed by atoms with Crippen molar-refractivity contribution < 1.29 is 19.0 Å². The number of esters is 1. The third-order valence-electron chi connectivity index (χ3n) is 4.15. The molecule has 0 unspecified atom stereocenters. The van der Waals surface area contributed by atoms with E-state index in [0.717, 1.165) is 25.9 Å². The summed E-state index contributed by atoms with van der Waals surface area (Å²) in [7, 11) is 1.36. The zero-order valence-corrected chi connectivity index (χ0v) is 13.8. The fourth-order valence-corrected chi connectivity index (χ4v) is 3.18. The summed E-state index contributed by atoms with van der Waals surface area (Å²) in [6, 6.07) is 0. The molecule has 0 bridgehead atoms. The highest BCUT2D eigenvalue weighted by Gasteiger charge is 2.29. The molecule has 2 aliphatic heterocycles. The molecule has 2 fully saturated rings. The zero-order chi connectivity index (χ0) is 16.4. The van der Waals surface area contributed by atoms with Crippen molar-refractivity contribution in [1.29, 1.82) is 0 Å². The van der Waals surface area contributed by atoms with E-state index in [-0.39, 0.29) is 18.3 Å². The Morgan fingerprint density at radius 1 is 1.35 bits per heavy atom. The van der Waals surface area contributed by atoms with Crippen LogP contribution < -0.4 is 4.90 Å². The van der Waals surface area contributed by atoms with Crippen LogP contribution in [-0.4, -0.2) is 55.0 Å². The van der Waals surface area contributed by atoms with Gasteiger partial charge in [-0.15, -0.1) is 0 Å². The van der Waals surface area contributed by atoms with Crippen molar-refractivity contribution in [1.82, 2.24) is 9.97 Å². The second-order valence-corrected chi connectivity index (χ2v) is 6.12. The van der Waals surface area contributed by atoms with Crippen LogP contribution in [0.25, 0.3) is 0 Å². The van der Waals surface area contributed by atoms with Crippen LogP contribution in [0.3, 0.4) is 0 Å². The Hall–Kier alpha value is -1.73. The number of carbonyl (C=O) groups is 1. The normalized spacial score (nSPS) is 28.0. The highest BCUT2D eigenvalue weighted by Crippen LogP contribution is 2.31. The van der Waals surface area contributed by atoms with Gasteiger partial charge in [-0.25, -0.2) is 14.8 Å². The number of nitrogens with zero attached hydrogens (tertiary/aromatic N) is 3. The summed E-state index contributed by atoms with van der Waals surface area (Å²) < 4.78 is 16.3. The standard InChI is InChI=1S/C16H23N3O4/c1-10-8-19(9-11(2)23-10)16-17-7-12(15(20)21-3)14(18-16)13-5-4-6-22-13/h7,10-11,13H,4-6,8-9H2,1-3H3/t10-,11+,13-/m0/s1. The second-order valence-electron chi connectivity index (χ2n) is 6.12. The number of anilines is 1. The average Bonchev–Trinajstić information content (AvgIpc) is 3.07. The van der Waals surface area contributed by atoms with Gasteiger partial charge in [-0.05, 0) is 26.7 Å². The molecule has 126 valence electrons. The minimum absolute atomic E-state index is 0.119. The van der Waals surface area contributed by atoms with Gasteiger partial charge >= 0.3 is 5.97 Å². The third kappa shape index (κ3) is 3.45. The van der Waals surface area contributed by atoms with Crippen molar-refractivity contribution in [3.05, 3.63) is 17.5 Å². The maximum Gasteiger partial charge on any atom is 0.341 e. The van der Waals surface area contributed by atoms with E-state index in [0.29, 0.717) is 23.8 Å². The lowest BCUT2D eigenvalue weighted by atomic mass is 10.1. The molecular formula is C16H23N3O4. The van der Waals surface area contributed by atoms with Gasteiger partial charge in [0.15, 0.2) is 0 Å². The summed E-state index contributed by atoms with van der Waals surface area (Å²) in [6.07, 6.45) is 3.45. The third-order valence-corrected chi connectivity index (χ3v) is 4.15. The zero-order valence-electron chi connectivity index (χ0n) is 13.8. The van der Waals surface area contributed by atoms with Crippen LogP contribution >= 0.6 is 0 Å². The van der Waals surface area contributed by atoms with Gasteiger partial charge in [-0.2, -0.15) is 0 Å². The predicted octanol–water partition coefficient (Wildman–Crippen LogP) is 1.73. The molecule has 7 heteroatoms. The van der Waals surface area contributed by atoms with Crippen LogP contribution in [0.2, 0.25) is 0 Å². The molecule has 0 aliphatic carbocycles. The van der Waals surface area contributed by atoms with Crippen LogP contribution in [0, 0.1) is 0 Å². The first-order valence-corrected chi connectivity index (χ1v) is 8.05. The van der Waals surface area contributed by atoms with Crippen molar-refractivity contribution in [2.24, 2.45) is 0 Å². The first-order chi connectivity index (χ1) is 11.1. The fraction of sp³-hybridized carbons (Fsp3) is 0.688. The summed E-state index contributed by atoms with van der Waals surface area (Å²) in [4.78, 5) is 23.1. The van der Waals surface area contributed by atoms with Gasteiger partial charge in [0.25, 0.3) is 0 Å². The van der Waals surface area contributed by atoms with Crippen LogP contribution in [0.4, 0.5) is 5.95 Å². The number of aromatic nitrogens is 2. The molecule has 2 aliphatic rings. The number of rotatable bonds is 3. The van der Waals surface area contributed by atoms with Crippen LogP contribution in [0.1, 0.15) is 48.8 Å². The molecule has 0 amide bonds. The second kappa shape index (κ2) is 6.80. The van der Waals surface area contributed by atoms with E-state index in [1.165, 1.54) is 7.11 Å². The summed E-state index contributed by atoms with van der Waals surface area (Å²) in [5.41, 5.74) is 1.02. The Kier molecular flexibility index (Phi) is 4.77. The number of ether oxygens (including phenoxy) is 3. The van der Waals surface area contributed by atoms with Gasteiger partial charge in [0, 0.05) is 25.9 Å². The quantitative estimate of drug-likeness (QED) is 0.785. The Bertz CT molecular complexity index is 564. The minimum Gasteiger partial charge on any atom is -0.465 e. The maximum absolute atomic E-state index is 12.0. The monoisotopic (exact) mass is 321 g/mol. The van der Waals surface area contributed by atoms with Gasteiger partial charge in [-0.3, -0.25) is 0 Å². The van der Waals surface area contributed by atoms with Crippen LogP contribution in [0.15, 0.2) is 6.20 Å². The molecule has 0 N–H and O–H groups in total. The lowest BCUT2D eigenvalue weighted by molar-refractivity contribution is -0.00578. The number of hydrogen-bond acceptors (Lipinski definition) is 7. The molecule has 0 saturated carbocycles. The highest BCUT2D eigenvalue weighted by atomic mass is 16.5. The summed E-state index contributed by atoms with van der Waals surface area (Å²) in [5, 5.41) is 0. The van der Waals surface area contributed by atoms with Crippen molar-refractivity contribution >= 4 is 11.9 Å². The van der Waals surface area contributed by atoms with E-state index in [4.69, 9.17) is 14.2 Å². The van der Waals surface area contributed by atoms with Crippen LogP contribution in [-0.2, 0) is 14.2 Å². The Morgan fingerprint density at radius 3 is 2.70 bits per heavy atom. The van der Waals surface area contributed by atoms with Gasteiger partial charge in [0.1, 0.15) is 11.7 Å². The molecule has 2 saturated heterocycles. The number of hydrogen-bond donors (Lipinski definition) is 0. The Labute approximate surface area is 136 Å². The summed E-state index contributed by atoms with van der Waals surface area (Å²) in [5.74, 6) is 0.191. The fourth-order valence-electron chi connectivity index (χ4n) is 3.18. The lowest BCUT2D eigenvalue weighted by Crippen LogP contribution is -2.46. The van der Waals surface area contributed by atoms with E-state index in [9.17, 15) is 4.79 Å². The summed E-state index contributed by atoms with van der Waals surface area (Å²) >= 11 is 0. The van der Waals surface area contributed by atoms with E-state index in [1.54, 1.807) is 6.20 Å². The van der Waals surface area contributed by atoms with Crippen molar-refractivity contribution in [3.63, 3.8) is 0 Å². The predicted molar refractivity (Wildman–Crippen MR) is 83.5 cm³/mol. The van der Waals surface area contributed by atoms with Gasteiger partial charge in [-0.1, -0.05) is 0 Å². The minimum atomic E-state index is -0.425. The van der Waals surface area contributed by atoms with Crippen LogP contribution in [0.5, 0.6) is 0 Å². The molecule has 1 aromatic heterocycles. The number of morpholine rings is 1. The van der Waals surface area contributed by atoms with Gasteiger partial charge in [0.2, 0.25) is 5.95 Å². The molecule has 23 heavy (non-hydrogen) atoms. The largest absolute Gasteiger partial charge is 0.465 e. The molecule has 7 nitrogen and oxygen atoms in total. The van der Waals surface area contributed by atoms with Gasteiger partial charge < -0.3 is 19.1 Å². The molecule has 0 spiro atoms. The molecule has 0 aromatic carbocycles. The van der Waals surface area contributed by atoms with E-state index < -0.39 is 5.97 Å². The van der Waals surface area contributed by atoms with Crippen molar-refractivity contribution in [2.45, 2.75) is 45.0 Å². The van der Waals surface area contributed by atoms with E-state index in [2.05, 4.69) is 14.9 Å². The Morgan fingerprint density at radius 2 is 2.09 bits per heavy atom. The number of methoxy groups -OCH3 is 1.